The van der Waals surface area contributed by atoms with E-state index in [1.807, 2.05) is 0 Å². The normalized spacial score (nSPS) is 11.7. The second-order valence-corrected chi connectivity index (χ2v) is 3.87. The first-order chi connectivity index (χ1) is 8.08. The summed E-state index contributed by atoms with van der Waals surface area (Å²) in [6.07, 6.45) is 2.00. The van der Waals surface area contributed by atoms with Gasteiger partial charge in [0.25, 0.3) is 0 Å². The number of carbonyl (C=O) groups is 1. The van der Waals surface area contributed by atoms with E-state index in [0.717, 1.165) is 0 Å². The number of amides is 1. The molecule has 4 nitrogen and oxygen atoms in total. The van der Waals surface area contributed by atoms with E-state index in [0.29, 0.717) is 22.9 Å². The molecule has 0 aliphatic carbocycles. The second-order valence-electron chi connectivity index (χ2n) is 3.47. The third kappa shape index (κ3) is 3.76. The number of benzene rings is 1. The number of ether oxygens (including phenoxy) is 1. The monoisotopic (exact) mass is 254 g/mol. The van der Waals surface area contributed by atoms with Crippen LogP contribution in [0.25, 0.3) is 0 Å². The Labute approximate surface area is 105 Å². The van der Waals surface area contributed by atoms with Crippen molar-refractivity contribution in [1.29, 1.82) is 0 Å². The van der Waals surface area contributed by atoms with Crippen LogP contribution in [0.15, 0.2) is 30.9 Å². The molecule has 0 aromatic heterocycles. The van der Waals surface area contributed by atoms with Gasteiger partial charge in [0.15, 0.2) is 0 Å². The Morgan fingerprint density at radius 1 is 1.71 bits per heavy atom. The summed E-state index contributed by atoms with van der Waals surface area (Å²) in [7, 11) is 1.54. The molecule has 3 N–H and O–H groups in total. The van der Waals surface area contributed by atoms with Crippen molar-refractivity contribution in [3.63, 3.8) is 0 Å². The number of anilines is 1. The molecule has 1 unspecified atom stereocenters. The standard InChI is InChI=1S/C12H15ClN2O2/c1-3-4-10(14)12(16)15-11-7-8(17-2)5-6-9(11)13/h3,5-7,10H,1,4,14H2,2H3,(H,15,16). The maximum absolute atomic E-state index is 11.7. The predicted molar refractivity (Wildman–Crippen MR) is 69.4 cm³/mol. The summed E-state index contributed by atoms with van der Waals surface area (Å²) in [5.41, 5.74) is 6.12. The van der Waals surface area contributed by atoms with Crippen LogP contribution >= 0.6 is 11.6 Å². The molecule has 0 heterocycles. The van der Waals surface area contributed by atoms with Crippen LogP contribution in [-0.4, -0.2) is 19.1 Å². The molecule has 0 spiro atoms. The van der Waals surface area contributed by atoms with E-state index in [9.17, 15) is 4.79 Å². The van der Waals surface area contributed by atoms with Crippen LogP contribution in [0.5, 0.6) is 5.75 Å². The highest BCUT2D eigenvalue weighted by Crippen LogP contribution is 2.26. The lowest BCUT2D eigenvalue weighted by Gasteiger charge is -2.12. The summed E-state index contributed by atoms with van der Waals surface area (Å²) in [5.74, 6) is 0.307. The van der Waals surface area contributed by atoms with Gasteiger partial charge < -0.3 is 15.8 Å². The van der Waals surface area contributed by atoms with E-state index >= 15 is 0 Å². The molecule has 1 aromatic carbocycles. The lowest BCUT2D eigenvalue weighted by molar-refractivity contribution is -0.117. The number of methoxy groups -OCH3 is 1. The Bertz CT molecular complexity index is 421. The molecule has 0 saturated heterocycles. The highest BCUT2D eigenvalue weighted by atomic mass is 35.5. The number of nitrogens with one attached hydrogen (secondary N) is 1. The summed E-state index contributed by atoms with van der Waals surface area (Å²) in [4.78, 5) is 11.7. The van der Waals surface area contributed by atoms with Gasteiger partial charge in [-0.2, -0.15) is 0 Å². The van der Waals surface area contributed by atoms with Crippen molar-refractivity contribution in [2.45, 2.75) is 12.5 Å². The first-order valence-electron chi connectivity index (χ1n) is 5.09. The zero-order chi connectivity index (χ0) is 12.8. The van der Waals surface area contributed by atoms with Crippen LogP contribution < -0.4 is 15.8 Å². The van der Waals surface area contributed by atoms with Crippen molar-refractivity contribution in [2.24, 2.45) is 5.73 Å². The third-order valence-corrected chi connectivity index (χ3v) is 2.52. The molecule has 1 amide bonds. The molecule has 92 valence electrons. The van der Waals surface area contributed by atoms with Gasteiger partial charge in [-0.05, 0) is 18.6 Å². The Balaban J connectivity index is 2.80. The Hall–Kier alpha value is -1.52. The minimum Gasteiger partial charge on any atom is -0.497 e. The number of hydrogen-bond acceptors (Lipinski definition) is 3. The first kappa shape index (κ1) is 13.5. The predicted octanol–water partition coefficient (Wildman–Crippen LogP) is 2.19. The summed E-state index contributed by atoms with van der Waals surface area (Å²) in [6.45, 7) is 3.53. The zero-order valence-electron chi connectivity index (χ0n) is 9.57. The Morgan fingerprint density at radius 3 is 3.00 bits per heavy atom. The van der Waals surface area contributed by atoms with Crippen molar-refractivity contribution in [3.05, 3.63) is 35.9 Å². The van der Waals surface area contributed by atoms with Gasteiger partial charge in [0.1, 0.15) is 5.75 Å². The molecule has 0 bridgehead atoms. The fourth-order valence-electron chi connectivity index (χ4n) is 1.24. The maximum atomic E-state index is 11.7. The molecule has 0 aliphatic rings. The molecule has 0 aliphatic heterocycles. The molecule has 5 heteroatoms. The number of halogens is 1. The molecular weight excluding hydrogens is 240 g/mol. The van der Waals surface area contributed by atoms with Crippen molar-refractivity contribution in [2.75, 3.05) is 12.4 Å². The second kappa shape index (κ2) is 6.27. The number of rotatable bonds is 5. The van der Waals surface area contributed by atoms with Gasteiger partial charge in [0.05, 0.1) is 23.9 Å². The van der Waals surface area contributed by atoms with Crippen LogP contribution in [-0.2, 0) is 4.79 Å². The average molecular weight is 255 g/mol. The number of hydrogen-bond donors (Lipinski definition) is 2. The average Bonchev–Trinajstić information content (AvgIpc) is 2.32. The molecule has 1 aromatic rings. The smallest absolute Gasteiger partial charge is 0.241 e. The summed E-state index contributed by atoms with van der Waals surface area (Å²) in [6, 6.07) is 4.37. The van der Waals surface area contributed by atoms with Gasteiger partial charge in [0, 0.05) is 6.07 Å². The highest BCUT2D eigenvalue weighted by Gasteiger charge is 2.13. The van der Waals surface area contributed by atoms with Crippen molar-refractivity contribution >= 4 is 23.2 Å². The van der Waals surface area contributed by atoms with Gasteiger partial charge in [-0.1, -0.05) is 17.7 Å². The van der Waals surface area contributed by atoms with Crippen LogP contribution in [0.1, 0.15) is 6.42 Å². The van der Waals surface area contributed by atoms with Crippen LogP contribution in [0.3, 0.4) is 0 Å². The van der Waals surface area contributed by atoms with E-state index in [-0.39, 0.29) is 5.91 Å². The van der Waals surface area contributed by atoms with Gasteiger partial charge in [0.2, 0.25) is 5.91 Å². The zero-order valence-corrected chi connectivity index (χ0v) is 10.3. The SMILES string of the molecule is C=CCC(N)C(=O)Nc1cc(OC)ccc1Cl. The van der Waals surface area contributed by atoms with Gasteiger partial charge in [-0.25, -0.2) is 0 Å². The number of nitrogens with two attached hydrogens (primary N) is 1. The van der Waals surface area contributed by atoms with Gasteiger partial charge in [-0.15, -0.1) is 6.58 Å². The lowest BCUT2D eigenvalue weighted by atomic mass is 10.2. The molecule has 1 rings (SSSR count). The van der Waals surface area contributed by atoms with Crippen LogP contribution in [0, 0.1) is 0 Å². The topological polar surface area (TPSA) is 64.4 Å². The molecule has 0 radical (unpaired) electrons. The minimum absolute atomic E-state index is 0.306. The Morgan fingerprint density at radius 2 is 2.41 bits per heavy atom. The molecule has 0 fully saturated rings. The fraction of sp³-hybridized carbons (Fsp3) is 0.250. The molecule has 1 atom stereocenters. The van der Waals surface area contributed by atoms with E-state index in [1.54, 1.807) is 24.3 Å². The van der Waals surface area contributed by atoms with E-state index in [4.69, 9.17) is 22.1 Å². The molecular formula is C12H15ClN2O2. The maximum Gasteiger partial charge on any atom is 0.241 e. The van der Waals surface area contributed by atoms with Crippen molar-refractivity contribution < 1.29 is 9.53 Å². The minimum atomic E-state index is -0.630. The fourth-order valence-corrected chi connectivity index (χ4v) is 1.40. The Kier molecular flexibility index (Phi) is 5.00. The van der Waals surface area contributed by atoms with Gasteiger partial charge in [-0.3, -0.25) is 4.79 Å². The van der Waals surface area contributed by atoms with E-state index in [2.05, 4.69) is 11.9 Å². The summed E-state index contributed by atoms with van der Waals surface area (Å²) >= 11 is 5.95. The lowest BCUT2D eigenvalue weighted by Crippen LogP contribution is -2.35. The van der Waals surface area contributed by atoms with E-state index in [1.165, 1.54) is 7.11 Å². The van der Waals surface area contributed by atoms with Crippen LogP contribution in [0.4, 0.5) is 5.69 Å². The molecule has 17 heavy (non-hydrogen) atoms. The van der Waals surface area contributed by atoms with Crippen molar-refractivity contribution in [3.8, 4) is 5.75 Å². The van der Waals surface area contributed by atoms with Gasteiger partial charge >= 0.3 is 0 Å². The first-order valence-corrected chi connectivity index (χ1v) is 5.47. The third-order valence-electron chi connectivity index (χ3n) is 2.19. The van der Waals surface area contributed by atoms with E-state index < -0.39 is 6.04 Å². The largest absolute Gasteiger partial charge is 0.497 e. The van der Waals surface area contributed by atoms with Crippen LogP contribution in [0.2, 0.25) is 5.02 Å². The summed E-state index contributed by atoms with van der Waals surface area (Å²) < 4.78 is 5.04. The highest BCUT2D eigenvalue weighted by molar-refractivity contribution is 6.33. The molecule has 0 saturated carbocycles. The number of carbonyl (C=O) groups excluding carboxylic acids is 1. The quantitative estimate of drug-likeness (QED) is 0.792. The summed E-state index contributed by atoms with van der Waals surface area (Å²) in [5, 5.41) is 3.08. The van der Waals surface area contributed by atoms with Crippen molar-refractivity contribution in [1.82, 2.24) is 0 Å².